The van der Waals surface area contributed by atoms with Gasteiger partial charge >= 0.3 is 18.4 Å². The number of carbonyl (C=O) groups is 1. The lowest BCUT2D eigenvalue weighted by molar-refractivity contribution is -0.142. The monoisotopic (exact) mass is 335 g/mol. The summed E-state index contributed by atoms with van der Waals surface area (Å²) in [6.07, 6.45) is -10.6. The van der Waals surface area contributed by atoms with E-state index in [-0.39, 0.29) is 12.4 Å². The molecule has 2 rings (SSSR count). The molecule has 1 N–H and O–H groups in total. The zero-order chi connectivity index (χ0) is 15.1. The van der Waals surface area contributed by atoms with Crippen LogP contribution in [0, 0.1) is 0 Å². The average molecular weight is 336 g/mol. The number of alkyl halides is 6. The molecule has 1 aromatic rings. The molecule has 0 radical (unpaired) electrons. The number of alkyl carbamates (subject to hydrolysis) is 1. The molecule has 1 saturated heterocycles. The fraction of sp³-hybridized carbons (Fsp3) is 0.364. The number of hydrogen-bond acceptors (Lipinski definition) is 2. The summed E-state index contributed by atoms with van der Waals surface area (Å²) in [7, 11) is 0. The number of carbonyl (C=O) groups excluding carboxylic acids is 1. The van der Waals surface area contributed by atoms with E-state index < -0.39 is 47.8 Å². The van der Waals surface area contributed by atoms with E-state index in [2.05, 4.69) is 4.74 Å². The Labute approximate surface area is 120 Å². The Morgan fingerprint density at radius 2 is 1.71 bits per heavy atom. The minimum absolute atomic E-state index is 0. The molecule has 1 aliphatic heterocycles. The van der Waals surface area contributed by atoms with E-state index in [1.165, 1.54) is 0 Å². The second-order valence-electron chi connectivity index (χ2n) is 4.09. The molecule has 1 fully saturated rings. The lowest BCUT2D eigenvalue weighted by Crippen LogP contribution is -2.23. The Hall–Kier alpha value is -1.64. The zero-order valence-electron chi connectivity index (χ0n) is 10.0. The van der Waals surface area contributed by atoms with E-state index >= 15 is 0 Å². The minimum atomic E-state index is -4.83. The van der Waals surface area contributed by atoms with E-state index in [9.17, 15) is 31.1 Å². The number of cyclic esters (lactones) is 1. The third-order valence-electron chi connectivity index (χ3n) is 2.73. The van der Waals surface area contributed by atoms with Crippen molar-refractivity contribution >= 4 is 18.5 Å². The maximum Gasteiger partial charge on any atom is 0.416 e. The summed E-state index contributed by atoms with van der Waals surface area (Å²) in [6.45, 7) is -0.455. The molecule has 1 aromatic carbocycles. The lowest BCUT2D eigenvalue weighted by atomic mass is 9.97. The van der Waals surface area contributed by atoms with Crippen molar-refractivity contribution in [1.29, 1.82) is 0 Å². The molecule has 21 heavy (non-hydrogen) atoms. The van der Waals surface area contributed by atoms with Gasteiger partial charge in [-0.1, -0.05) is 0 Å². The number of halogens is 7. The number of hydrogen-bond donors (Lipinski definition) is 1. The van der Waals surface area contributed by atoms with Gasteiger partial charge in [0.15, 0.2) is 0 Å². The van der Waals surface area contributed by atoms with E-state index in [0.29, 0.717) is 18.2 Å². The van der Waals surface area contributed by atoms with Crippen molar-refractivity contribution in [3.63, 3.8) is 0 Å². The van der Waals surface area contributed by atoms with Crippen LogP contribution in [0.1, 0.15) is 22.7 Å². The molecule has 0 aliphatic carbocycles. The molecule has 0 spiro atoms. The SMILES string of the molecule is Cl.O=C1N[C@H](c2cc(C(F)(F)F)ccc2C(F)(F)F)CO1. The van der Waals surface area contributed by atoms with Crippen molar-refractivity contribution in [1.82, 2.24) is 5.32 Å². The highest BCUT2D eigenvalue weighted by Crippen LogP contribution is 2.39. The Morgan fingerprint density at radius 3 is 2.14 bits per heavy atom. The molecule has 3 nitrogen and oxygen atoms in total. The Balaban J connectivity index is 0.00000220. The van der Waals surface area contributed by atoms with Crippen LogP contribution in [-0.2, 0) is 17.1 Å². The van der Waals surface area contributed by atoms with Crippen molar-refractivity contribution < 1.29 is 35.9 Å². The third-order valence-corrected chi connectivity index (χ3v) is 2.73. The van der Waals surface area contributed by atoms with Crippen molar-refractivity contribution in [2.24, 2.45) is 0 Å². The average Bonchev–Trinajstić information content (AvgIpc) is 2.72. The fourth-order valence-corrected chi connectivity index (χ4v) is 1.84. The van der Waals surface area contributed by atoms with Crippen LogP contribution >= 0.6 is 12.4 Å². The van der Waals surface area contributed by atoms with Crippen molar-refractivity contribution in [2.75, 3.05) is 6.61 Å². The Kier molecular flexibility index (Phi) is 4.66. The van der Waals surface area contributed by atoms with Gasteiger partial charge in [0.05, 0.1) is 17.2 Å². The molecule has 1 atom stereocenters. The predicted octanol–water partition coefficient (Wildman–Crippen LogP) is 3.93. The van der Waals surface area contributed by atoms with Crippen LogP contribution in [0.4, 0.5) is 31.1 Å². The first kappa shape index (κ1) is 17.4. The largest absolute Gasteiger partial charge is 0.447 e. The molecule has 0 bridgehead atoms. The van der Waals surface area contributed by atoms with Crippen LogP contribution in [0.3, 0.4) is 0 Å². The van der Waals surface area contributed by atoms with Gasteiger partial charge in [-0.3, -0.25) is 0 Å². The molecule has 118 valence electrons. The quantitative estimate of drug-likeness (QED) is 0.790. The maximum atomic E-state index is 12.8. The molecule has 0 saturated carbocycles. The van der Waals surface area contributed by atoms with Gasteiger partial charge in [-0.25, -0.2) is 4.79 Å². The zero-order valence-corrected chi connectivity index (χ0v) is 10.8. The lowest BCUT2D eigenvalue weighted by Gasteiger charge is -2.18. The van der Waals surface area contributed by atoms with Gasteiger partial charge < -0.3 is 10.1 Å². The van der Waals surface area contributed by atoms with Crippen molar-refractivity contribution in [3.8, 4) is 0 Å². The highest BCUT2D eigenvalue weighted by atomic mass is 35.5. The Morgan fingerprint density at radius 1 is 1.10 bits per heavy atom. The van der Waals surface area contributed by atoms with Crippen LogP contribution in [-0.4, -0.2) is 12.7 Å². The van der Waals surface area contributed by atoms with E-state index in [1.807, 2.05) is 5.32 Å². The van der Waals surface area contributed by atoms with Crippen LogP contribution in [0.25, 0.3) is 0 Å². The number of ether oxygens (including phenoxy) is 1. The summed E-state index contributed by atoms with van der Waals surface area (Å²) in [6, 6.07) is -0.184. The van der Waals surface area contributed by atoms with E-state index in [4.69, 9.17) is 0 Å². The molecule has 1 aliphatic rings. The van der Waals surface area contributed by atoms with Gasteiger partial charge in [0.25, 0.3) is 0 Å². The highest BCUT2D eigenvalue weighted by molar-refractivity contribution is 5.85. The maximum absolute atomic E-state index is 12.8. The van der Waals surface area contributed by atoms with Gasteiger partial charge in [-0.05, 0) is 23.8 Å². The summed E-state index contributed by atoms with van der Waals surface area (Å²) < 4.78 is 80.5. The van der Waals surface area contributed by atoms with E-state index in [0.717, 1.165) is 0 Å². The first-order chi connectivity index (χ1) is 9.09. The van der Waals surface area contributed by atoms with Crippen LogP contribution in [0.5, 0.6) is 0 Å². The van der Waals surface area contributed by atoms with Crippen LogP contribution in [0.15, 0.2) is 18.2 Å². The summed E-state index contributed by atoms with van der Waals surface area (Å²) in [4.78, 5) is 10.8. The molecule has 1 heterocycles. The van der Waals surface area contributed by atoms with Gasteiger partial charge in [-0.15, -0.1) is 12.4 Å². The molecular formula is C11H8ClF6NO2. The molecular weight excluding hydrogens is 328 g/mol. The molecule has 0 unspecified atom stereocenters. The topological polar surface area (TPSA) is 38.3 Å². The van der Waals surface area contributed by atoms with Crippen LogP contribution < -0.4 is 5.32 Å². The van der Waals surface area contributed by atoms with E-state index in [1.54, 1.807) is 0 Å². The normalized spacial score (nSPS) is 18.8. The second-order valence-corrected chi connectivity index (χ2v) is 4.09. The second kappa shape index (κ2) is 5.63. The van der Waals surface area contributed by atoms with Crippen molar-refractivity contribution in [3.05, 3.63) is 34.9 Å². The standard InChI is InChI=1S/C11H7F6NO2.ClH/c12-10(13,14)5-1-2-7(11(15,16)17)6(3-5)8-4-20-9(19)18-8;/h1-3,8H,4H2,(H,18,19);1H/t8-;/m0./s1. The summed E-state index contributed by atoms with van der Waals surface area (Å²) in [5.74, 6) is 0. The number of benzene rings is 1. The first-order valence-corrected chi connectivity index (χ1v) is 5.30. The summed E-state index contributed by atoms with van der Waals surface area (Å²) >= 11 is 0. The fourth-order valence-electron chi connectivity index (χ4n) is 1.84. The number of amides is 1. The minimum Gasteiger partial charge on any atom is -0.447 e. The first-order valence-electron chi connectivity index (χ1n) is 5.30. The molecule has 10 heteroatoms. The number of nitrogens with one attached hydrogen (secondary N) is 1. The number of rotatable bonds is 1. The van der Waals surface area contributed by atoms with Gasteiger partial charge in [0.2, 0.25) is 0 Å². The predicted molar refractivity (Wildman–Crippen MR) is 60.9 cm³/mol. The van der Waals surface area contributed by atoms with Crippen LogP contribution in [0.2, 0.25) is 0 Å². The van der Waals surface area contributed by atoms with Gasteiger partial charge in [-0.2, -0.15) is 26.3 Å². The Bertz CT molecular complexity index is 542. The summed E-state index contributed by atoms with van der Waals surface area (Å²) in [5, 5.41) is 2.03. The molecule has 1 amide bonds. The third kappa shape index (κ3) is 3.72. The van der Waals surface area contributed by atoms with Crippen molar-refractivity contribution in [2.45, 2.75) is 18.4 Å². The van der Waals surface area contributed by atoms with Gasteiger partial charge in [0, 0.05) is 0 Å². The summed E-state index contributed by atoms with van der Waals surface area (Å²) in [5.41, 5.74) is -3.12. The molecule has 0 aromatic heterocycles. The smallest absolute Gasteiger partial charge is 0.416 e. The van der Waals surface area contributed by atoms with Gasteiger partial charge in [0.1, 0.15) is 6.61 Å². The highest BCUT2D eigenvalue weighted by Gasteiger charge is 2.40.